The number of hydrogen-bond acceptors (Lipinski definition) is 6. The number of aromatic nitrogens is 2. The maximum Gasteiger partial charge on any atom is 0.259 e. The van der Waals surface area contributed by atoms with Crippen LogP contribution in [0.5, 0.6) is 0 Å². The van der Waals surface area contributed by atoms with Crippen LogP contribution < -0.4 is 10.9 Å². The molecule has 140 valence electrons. The molecule has 2 aromatic heterocycles. The first-order chi connectivity index (χ1) is 12.6. The van der Waals surface area contributed by atoms with E-state index >= 15 is 0 Å². The second-order valence-corrected chi connectivity index (χ2v) is 9.11. The SMILES string of the molecule is C[C@H]1CNCCN1C(=O)CSCc1nc2sc3c(c2c(=O)[nH]1)CCCC3. The molecule has 8 heteroatoms. The predicted octanol–water partition coefficient (Wildman–Crippen LogP) is 1.92. The summed E-state index contributed by atoms with van der Waals surface area (Å²) in [4.78, 5) is 36.7. The summed E-state index contributed by atoms with van der Waals surface area (Å²) >= 11 is 3.19. The highest BCUT2D eigenvalue weighted by Gasteiger charge is 2.23. The van der Waals surface area contributed by atoms with Gasteiger partial charge in [-0.25, -0.2) is 4.98 Å². The van der Waals surface area contributed by atoms with Crippen LogP contribution in [-0.2, 0) is 23.4 Å². The van der Waals surface area contributed by atoms with Gasteiger partial charge in [0.1, 0.15) is 10.7 Å². The second-order valence-electron chi connectivity index (χ2n) is 7.04. The fourth-order valence-electron chi connectivity index (χ4n) is 3.81. The Hall–Kier alpha value is -1.38. The van der Waals surface area contributed by atoms with Crippen LogP contribution in [0.25, 0.3) is 10.2 Å². The van der Waals surface area contributed by atoms with Gasteiger partial charge in [-0.2, -0.15) is 0 Å². The van der Waals surface area contributed by atoms with E-state index in [9.17, 15) is 9.59 Å². The monoisotopic (exact) mass is 392 g/mol. The zero-order valence-electron chi connectivity index (χ0n) is 15.0. The van der Waals surface area contributed by atoms with E-state index in [0.29, 0.717) is 17.3 Å². The molecule has 0 spiro atoms. The van der Waals surface area contributed by atoms with Crippen LogP contribution >= 0.6 is 23.1 Å². The number of piperazine rings is 1. The van der Waals surface area contributed by atoms with Gasteiger partial charge in [-0.1, -0.05) is 0 Å². The van der Waals surface area contributed by atoms with Crippen LogP contribution in [0.4, 0.5) is 0 Å². The number of thiophene rings is 1. The van der Waals surface area contributed by atoms with E-state index in [-0.39, 0.29) is 17.5 Å². The van der Waals surface area contributed by atoms with Gasteiger partial charge in [-0.05, 0) is 38.2 Å². The number of amides is 1. The average Bonchev–Trinajstić information content (AvgIpc) is 3.00. The number of aromatic amines is 1. The third-order valence-electron chi connectivity index (χ3n) is 5.16. The molecule has 3 heterocycles. The summed E-state index contributed by atoms with van der Waals surface area (Å²) in [6, 6.07) is 0.239. The molecule has 2 aromatic rings. The summed E-state index contributed by atoms with van der Waals surface area (Å²) in [7, 11) is 0. The standard InChI is InChI=1S/C18H24N4O2S2/c1-11-8-19-6-7-22(11)15(23)10-25-9-14-20-17(24)16-12-4-2-3-5-13(12)26-18(16)21-14/h11,19H,2-10H2,1H3,(H,20,21,24)/t11-/m0/s1. The van der Waals surface area contributed by atoms with Crippen molar-refractivity contribution in [2.24, 2.45) is 0 Å². The molecule has 0 bridgehead atoms. The molecular weight excluding hydrogens is 368 g/mol. The first kappa shape index (κ1) is 18.0. The van der Waals surface area contributed by atoms with Crippen molar-refractivity contribution >= 4 is 39.2 Å². The molecule has 2 N–H and O–H groups in total. The molecule has 2 aliphatic rings. The van der Waals surface area contributed by atoms with Crippen molar-refractivity contribution < 1.29 is 4.79 Å². The van der Waals surface area contributed by atoms with Crippen LogP contribution in [0, 0.1) is 0 Å². The van der Waals surface area contributed by atoms with Crippen molar-refractivity contribution in [1.29, 1.82) is 0 Å². The van der Waals surface area contributed by atoms with Gasteiger partial charge in [-0.3, -0.25) is 9.59 Å². The predicted molar refractivity (Wildman–Crippen MR) is 107 cm³/mol. The summed E-state index contributed by atoms with van der Waals surface area (Å²) in [5.41, 5.74) is 1.19. The lowest BCUT2D eigenvalue weighted by molar-refractivity contribution is -0.131. The van der Waals surface area contributed by atoms with E-state index in [2.05, 4.69) is 22.2 Å². The van der Waals surface area contributed by atoms with Crippen LogP contribution in [0.2, 0.25) is 0 Å². The van der Waals surface area contributed by atoms with Gasteiger partial charge in [0.05, 0.1) is 16.9 Å². The molecule has 0 saturated carbocycles. The smallest absolute Gasteiger partial charge is 0.259 e. The Labute approximate surface area is 160 Å². The number of carbonyl (C=O) groups is 1. The summed E-state index contributed by atoms with van der Waals surface area (Å²) in [5.74, 6) is 1.82. The van der Waals surface area contributed by atoms with Crippen molar-refractivity contribution in [2.75, 3.05) is 25.4 Å². The molecule has 26 heavy (non-hydrogen) atoms. The minimum absolute atomic E-state index is 0.0212. The zero-order valence-corrected chi connectivity index (χ0v) is 16.6. The molecule has 0 aromatic carbocycles. The Morgan fingerprint density at radius 2 is 2.23 bits per heavy atom. The van der Waals surface area contributed by atoms with E-state index in [0.717, 1.165) is 49.1 Å². The summed E-state index contributed by atoms with van der Waals surface area (Å²) < 4.78 is 0. The molecule has 1 aliphatic heterocycles. The topological polar surface area (TPSA) is 78.1 Å². The molecule has 1 amide bonds. The van der Waals surface area contributed by atoms with E-state index in [1.807, 2.05) is 4.90 Å². The Balaban J connectivity index is 1.43. The van der Waals surface area contributed by atoms with Gasteiger partial charge in [0.25, 0.3) is 5.56 Å². The number of nitrogens with one attached hydrogen (secondary N) is 2. The summed E-state index contributed by atoms with van der Waals surface area (Å²) in [5, 5.41) is 4.09. The molecule has 1 aliphatic carbocycles. The van der Waals surface area contributed by atoms with Gasteiger partial charge in [0, 0.05) is 30.6 Å². The van der Waals surface area contributed by atoms with E-state index in [1.54, 1.807) is 11.3 Å². The fraction of sp³-hybridized carbons (Fsp3) is 0.611. The molecule has 4 rings (SSSR count). The molecular formula is C18H24N4O2S2. The van der Waals surface area contributed by atoms with Crippen LogP contribution in [0.3, 0.4) is 0 Å². The van der Waals surface area contributed by atoms with Gasteiger partial charge < -0.3 is 15.2 Å². The summed E-state index contributed by atoms with van der Waals surface area (Å²) in [6.45, 7) is 4.54. The van der Waals surface area contributed by atoms with Gasteiger partial charge in [0.2, 0.25) is 5.91 Å². The highest BCUT2D eigenvalue weighted by atomic mass is 32.2. The number of rotatable bonds is 4. The average molecular weight is 393 g/mol. The Bertz CT molecular complexity index is 876. The van der Waals surface area contributed by atoms with Crippen LogP contribution in [0.1, 0.15) is 36.0 Å². The summed E-state index contributed by atoms with van der Waals surface area (Å²) in [6.07, 6.45) is 4.41. The van der Waals surface area contributed by atoms with Gasteiger partial charge in [-0.15, -0.1) is 23.1 Å². The minimum atomic E-state index is -0.0212. The molecule has 0 radical (unpaired) electrons. The largest absolute Gasteiger partial charge is 0.337 e. The lowest BCUT2D eigenvalue weighted by atomic mass is 9.97. The van der Waals surface area contributed by atoms with Crippen molar-refractivity contribution in [1.82, 2.24) is 20.2 Å². The van der Waals surface area contributed by atoms with Crippen molar-refractivity contribution in [3.8, 4) is 0 Å². The number of thioether (sulfide) groups is 1. The first-order valence-corrected chi connectivity index (χ1v) is 11.2. The number of fused-ring (bicyclic) bond motifs is 3. The van der Waals surface area contributed by atoms with Crippen LogP contribution in [-0.4, -0.2) is 52.2 Å². The normalized spacial score (nSPS) is 20.3. The first-order valence-electron chi connectivity index (χ1n) is 9.25. The molecule has 0 unspecified atom stereocenters. The lowest BCUT2D eigenvalue weighted by Crippen LogP contribution is -2.52. The maximum absolute atomic E-state index is 12.5. The van der Waals surface area contributed by atoms with E-state index in [4.69, 9.17) is 0 Å². The lowest BCUT2D eigenvalue weighted by Gasteiger charge is -2.33. The minimum Gasteiger partial charge on any atom is -0.337 e. The van der Waals surface area contributed by atoms with E-state index in [1.165, 1.54) is 28.6 Å². The fourth-order valence-corrected chi connectivity index (χ4v) is 5.86. The molecule has 1 saturated heterocycles. The van der Waals surface area contributed by atoms with Crippen LogP contribution in [0.15, 0.2) is 4.79 Å². The highest BCUT2D eigenvalue weighted by molar-refractivity contribution is 7.99. The van der Waals surface area contributed by atoms with Crippen molar-refractivity contribution in [2.45, 2.75) is 44.4 Å². The number of aryl methyl sites for hydroxylation is 2. The zero-order chi connectivity index (χ0) is 18.1. The van der Waals surface area contributed by atoms with Crippen molar-refractivity contribution in [3.05, 3.63) is 26.6 Å². The molecule has 1 atom stereocenters. The van der Waals surface area contributed by atoms with E-state index < -0.39 is 0 Å². The highest BCUT2D eigenvalue weighted by Crippen LogP contribution is 2.33. The third-order valence-corrected chi connectivity index (χ3v) is 7.27. The number of carbonyl (C=O) groups excluding carboxylic acids is 1. The molecule has 6 nitrogen and oxygen atoms in total. The number of H-pyrrole nitrogens is 1. The number of nitrogens with zero attached hydrogens (tertiary/aromatic N) is 2. The maximum atomic E-state index is 12.5. The van der Waals surface area contributed by atoms with Gasteiger partial charge >= 0.3 is 0 Å². The Morgan fingerprint density at radius 1 is 1.38 bits per heavy atom. The quantitative estimate of drug-likeness (QED) is 0.831. The van der Waals surface area contributed by atoms with Gasteiger partial charge in [0.15, 0.2) is 0 Å². The molecule has 1 fully saturated rings. The van der Waals surface area contributed by atoms with Crippen molar-refractivity contribution in [3.63, 3.8) is 0 Å². The Kier molecular flexibility index (Phi) is 5.33. The Morgan fingerprint density at radius 3 is 3.08 bits per heavy atom. The third kappa shape index (κ3) is 3.54. The number of hydrogen-bond donors (Lipinski definition) is 2. The second kappa shape index (κ2) is 7.70.